The van der Waals surface area contributed by atoms with Gasteiger partial charge < -0.3 is 4.90 Å². The molecule has 0 bridgehead atoms. The molecular weight excluding hydrogens is 236 g/mol. The molecule has 1 atom stereocenters. The van der Waals surface area contributed by atoms with Gasteiger partial charge in [-0.2, -0.15) is 22.7 Å². The summed E-state index contributed by atoms with van der Waals surface area (Å²) < 4.78 is 0. The van der Waals surface area contributed by atoms with Crippen molar-refractivity contribution in [1.82, 2.24) is 4.90 Å². The van der Waals surface area contributed by atoms with Crippen LogP contribution in [0.5, 0.6) is 0 Å². The van der Waals surface area contributed by atoms with Gasteiger partial charge in [0.05, 0.1) is 6.54 Å². The van der Waals surface area contributed by atoms with Gasteiger partial charge in [0.2, 0.25) is 0 Å². The zero-order chi connectivity index (χ0) is 11.5. The first-order chi connectivity index (χ1) is 7.68. The summed E-state index contributed by atoms with van der Waals surface area (Å²) in [5.41, 5.74) is 2.02. The lowest BCUT2D eigenvalue weighted by atomic mass is 10.1. The normalized spacial score (nSPS) is 21.6. The van der Waals surface area contributed by atoms with E-state index < -0.39 is 0 Å². The molecule has 0 aliphatic carbocycles. The molecule has 0 saturated carbocycles. The van der Waals surface area contributed by atoms with E-state index in [9.17, 15) is 0 Å². The van der Waals surface area contributed by atoms with Crippen LogP contribution >= 0.6 is 22.7 Å². The molecule has 0 aromatic carbocycles. The third-order valence-electron chi connectivity index (χ3n) is 2.86. The first kappa shape index (κ1) is 12.1. The average molecular weight is 256 g/mol. The standard InChI is InChI=1S/C12H20N2S2/c1-9(2)12-14(4-5-15-12)7-10(3)11-6-13-8-16-11/h4-5,8-10,15-16H,6-7H2,1-3H3. The average Bonchev–Trinajstić information content (AvgIpc) is 2.86. The Balaban J connectivity index is 1.95. The summed E-state index contributed by atoms with van der Waals surface area (Å²) in [4.78, 5) is 9.81. The van der Waals surface area contributed by atoms with Crippen molar-refractivity contribution in [2.24, 2.45) is 16.8 Å². The summed E-state index contributed by atoms with van der Waals surface area (Å²) in [5, 5.41) is 2.25. The third-order valence-corrected chi connectivity index (χ3v) is 5.37. The van der Waals surface area contributed by atoms with Crippen molar-refractivity contribution < 1.29 is 0 Å². The Labute approximate surface area is 105 Å². The Morgan fingerprint density at radius 3 is 2.81 bits per heavy atom. The highest BCUT2D eigenvalue weighted by Gasteiger charge is 2.19. The maximum absolute atomic E-state index is 4.30. The molecule has 0 fully saturated rings. The molecule has 0 saturated heterocycles. The molecule has 0 spiro atoms. The maximum Gasteiger partial charge on any atom is 0.0663 e. The van der Waals surface area contributed by atoms with Crippen LogP contribution in [0, 0.1) is 11.8 Å². The fraction of sp³-hybridized carbons (Fsp3) is 0.583. The molecule has 2 nitrogen and oxygen atoms in total. The first-order valence-electron chi connectivity index (χ1n) is 5.74. The van der Waals surface area contributed by atoms with Crippen LogP contribution in [0.2, 0.25) is 0 Å². The molecule has 90 valence electrons. The van der Waals surface area contributed by atoms with Crippen molar-refractivity contribution in [3.8, 4) is 0 Å². The maximum atomic E-state index is 4.30. The molecule has 0 amide bonds. The summed E-state index contributed by atoms with van der Waals surface area (Å²) in [6.45, 7) is 8.92. The monoisotopic (exact) mass is 256 g/mol. The number of hydrogen-bond acceptors (Lipinski definition) is 2. The molecule has 0 aromatic rings. The molecular formula is C12H20N2S2. The topological polar surface area (TPSA) is 15.6 Å². The summed E-state index contributed by atoms with van der Waals surface area (Å²) in [5.74, 6) is 1.28. The Hall–Kier alpha value is -0.350. The van der Waals surface area contributed by atoms with Gasteiger partial charge in [0.1, 0.15) is 0 Å². The molecule has 0 radical (unpaired) electrons. The highest BCUT2D eigenvalue weighted by atomic mass is 32.1. The molecule has 4 heteroatoms. The van der Waals surface area contributed by atoms with Gasteiger partial charge in [0.15, 0.2) is 0 Å². The minimum absolute atomic E-state index is 0.635. The van der Waals surface area contributed by atoms with Gasteiger partial charge in [0.25, 0.3) is 0 Å². The Morgan fingerprint density at radius 2 is 2.19 bits per heavy atom. The predicted molar refractivity (Wildman–Crippen MR) is 81.2 cm³/mol. The van der Waals surface area contributed by atoms with E-state index in [1.54, 1.807) is 4.86 Å². The molecule has 2 rings (SSSR count). The first-order valence-corrected chi connectivity index (χ1v) is 7.67. The van der Waals surface area contributed by atoms with Gasteiger partial charge in [-0.25, -0.2) is 0 Å². The minimum Gasteiger partial charge on any atom is -0.345 e. The summed E-state index contributed by atoms with van der Waals surface area (Å²) in [6.07, 6.45) is 2.24. The van der Waals surface area contributed by atoms with E-state index in [2.05, 4.69) is 42.3 Å². The predicted octanol–water partition coefficient (Wildman–Crippen LogP) is 2.34. The van der Waals surface area contributed by atoms with Gasteiger partial charge in [-0.1, -0.05) is 20.8 Å². The van der Waals surface area contributed by atoms with E-state index in [1.165, 1.54) is 27.7 Å². The quantitative estimate of drug-likeness (QED) is 0.583. The van der Waals surface area contributed by atoms with Crippen LogP contribution in [-0.2, 0) is 0 Å². The fourth-order valence-corrected chi connectivity index (χ4v) is 3.74. The number of nitrogens with zero attached hydrogens (tertiary/aromatic N) is 2. The van der Waals surface area contributed by atoms with Crippen LogP contribution in [0.15, 0.2) is 16.6 Å². The van der Waals surface area contributed by atoms with Crippen LogP contribution in [0.1, 0.15) is 20.8 Å². The van der Waals surface area contributed by atoms with Gasteiger partial charge in [-0.05, 0) is 16.2 Å². The second-order valence-corrected chi connectivity index (χ2v) is 6.65. The number of aliphatic imine (C=N–C) groups is 1. The third kappa shape index (κ3) is 2.66. The zero-order valence-corrected chi connectivity index (χ0v) is 11.9. The van der Waals surface area contributed by atoms with Crippen LogP contribution in [0.3, 0.4) is 0 Å². The zero-order valence-electron chi connectivity index (χ0n) is 10.1. The van der Waals surface area contributed by atoms with Crippen LogP contribution < -0.4 is 0 Å². The number of thiol groups is 2. The van der Waals surface area contributed by atoms with E-state index in [-0.39, 0.29) is 0 Å². The fourth-order valence-electron chi connectivity index (χ4n) is 1.95. The lowest BCUT2D eigenvalue weighted by Gasteiger charge is -2.26. The van der Waals surface area contributed by atoms with E-state index >= 15 is 0 Å². The molecule has 2 aliphatic rings. The molecule has 2 aliphatic heterocycles. The molecule has 1 unspecified atom stereocenters. The van der Waals surface area contributed by atoms with Gasteiger partial charge >= 0.3 is 0 Å². The van der Waals surface area contributed by atoms with Crippen LogP contribution in [0.4, 0.5) is 0 Å². The molecule has 0 aromatic heterocycles. The Morgan fingerprint density at radius 1 is 1.38 bits per heavy atom. The Bertz CT molecular complexity index is 380. The van der Waals surface area contributed by atoms with Crippen molar-refractivity contribution >= 4 is 38.1 Å². The summed E-state index contributed by atoms with van der Waals surface area (Å²) in [7, 11) is 0. The van der Waals surface area contributed by atoms with Crippen molar-refractivity contribution in [1.29, 1.82) is 0 Å². The second kappa shape index (κ2) is 5.32. The lowest BCUT2D eigenvalue weighted by Crippen LogP contribution is -2.33. The van der Waals surface area contributed by atoms with Crippen molar-refractivity contribution in [3.63, 3.8) is 0 Å². The van der Waals surface area contributed by atoms with Gasteiger partial charge in [0, 0.05) is 29.2 Å². The smallest absolute Gasteiger partial charge is 0.0663 e. The number of rotatable bonds is 4. The van der Waals surface area contributed by atoms with E-state index in [1.807, 2.05) is 5.55 Å². The minimum atomic E-state index is 0.635. The number of hydrogen-bond donors (Lipinski definition) is 2. The van der Waals surface area contributed by atoms with E-state index in [0.717, 1.165) is 13.1 Å². The van der Waals surface area contributed by atoms with Crippen LogP contribution in [-0.4, -0.2) is 33.4 Å². The van der Waals surface area contributed by atoms with Gasteiger partial charge in [-0.3, -0.25) is 4.99 Å². The lowest BCUT2D eigenvalue weighted by molar-refractivity contribution is 0.493. The summed E-state index contributed by atoms with van der Waals surface area (Å²) >= 11 is 2.71. The summed E-state index contributed by atoms with van der Waals surface area (Å²) in [6, 6.07) is 0. The highest BCUT2D eigenvalue weighted by molar-refractivity contribution is 8.11. The molecule has 0 N–H and O–H groups in total. The van der Waals surface area contributed by atoms with E-state index in [0.29, 0.717) is 11.8 Å². The van der Waals surface area contributed by atoms with Gasteiger partial charge in [-0.15, -0.1) is 0 Å². The van der Waals surface area contributed by atoms with Crippen molar-refractivity contribution in [2.45, 2.75) is 20.8 Å². The largest absolute Gasteiger partial charge is 0.345 e. The SMILES string of the molecule is CC(C)C1=[SH]C=CN1CC(C)C1=[SH]C=NC1. The van der Waals surface area contributed by atoms with Crippen LogP contribution in [0.25, 0.3) is 0 Å². The molecule has 2 heterocycles. The van der Waals surface area contributed by atoms with Crippen molar-refractivity contribution in [3.05, 3.63) is 11.6 Å². The molecule has 16 heavy (non-hydrogen) atoms. The Kier molecular flexibility index (Phi) is 4.03. The second-order valence-electron chi connectivity index (χ2n) is 4.57. The van der Waals surface area contributed by atoms with Crippen molar-refractivity contribution in [2.75, 3.05) is 13.1 Å². The van der Waals surface area contributed by atoms with E-state index in [4.69, 9.17) is 0 Å². The highest BCUT2D eigenvalue weighted by Crippen LogP contribution is 2.20.